The molecule has 34 heavy (non-hydrogen) atoms. The first-order chi connectivity index (χ1) is 16.0. The maximum atomic E-state index is 12.9. The Balaban J connectivity index is 1.72. The van der Waals surface area contributed by atoms with Crippen molar-refractivity contribution in [2.24, 2.45) is 5.14 Å². The van der Waals surface area contributed by atoms with Gasteiger partial charge in [-0.05, 0) is 43.3 Å². The third-order valence-electron chi connectivity index (χ3n) is 5.22. The van der Waals surface area contributed by atoms with Gasteiger partial charge in [-0.3, -0.25) is 4.79 Å². The molecule has 0 unspecified atom stereocenters. The van der Waals surface area contributed by atoms with Crippen LogP contribution in [0, 0.1) is 6.92 Å². The van der Waals surface area contributed by atoms with Gasteiger partial charge in [0.1, 0.15) is 26.9 Å². The number of carbonyl (C=O) groups is 1. The van der Waals surface area contributed by atoms with Gasteiger partial charge < -0.3 is 9.15 Å². The van der Waals surface area contributed by atoms with Crippen LogP contribution in [0.5, 0.6) is 5.75 Å². The first-order valence-corrected chi connectivity index (χ1v) is 12.9. The highest BCUT2D eigenvalue weighted by molar-refractivity contribution is 7.92. The lowest BCUT2D eigenvalue weighted by atomic mass is 10.0. The summed E-state index contributed by atoms with van der Waals surface area (Å²) in [6.45, 7) is 1.60. The third kappa shape index (κ3) is 4.28. The highest BCUT2D eigenvalue weighted by Crippen LogP contribution is 2.37. The Morgan fingerprint density at radius 2 is 1.59 bits per heavy atom. The molecule has 3 N–H and O–H groups in total. The van der Waals surface area contributed by atoms with Crippen molar-refractivity contribution in [1.29, 1.82) is 0 Å². The molecule has 0 saturated heterocycles. The van der Waals surface area contributed by atoms with Crippen LogP contribution in [0.2, 0.25) is 0 Å². The third-order valence-corrected chi connectivity index (χ3v) is 7.71. The maximum Gasteiger partial charge on any atom is 0.265 e. The van der Waals surface area contributed by atoms with Crippen molar-refractivity contribution >= 4 is 36.9 Å². The molecule has 0 atom stereocenters. The van der Waals surface area contributed by atoms with E-state index in [9.17, 15) is 21.6 Å². The molecule has 4 rings (SSSR count). The average molecular weight is 501 g/mol. The number of nitrogens with one attached hydrogen (secondary N) is 1. The van der Waals surface area contributed by atoms with E-state index in [0.29, 0.717) is 28.2 Å². The first kappa shape index (κ1) is 23.5. The number of methoxy groups -OCH3 is 1. The molecule has 1 aromatic heterocycles. The Hall–Kier alpha value is -3.67. The predicted molar refractivity (Wildman–Crippen MR) is 125 cm³/mol. The number of para-hydroxylation sites is 1. The number of sulfonamides is 2. The van der Waals surface area contributed by atoms with Crippen LogP contribution < -0.4 is 14.6 Å². The summed E-state index contributed by atoms with van der Waals surface area (Å²) < 4.78 is 62.6. The van der Waals surface area contributed by atoms with Gasteiger partial charge in [0.05, 0.1) is 12.7 Å². The standard InChI is InChI=1S/C23H20N2O7S2/c1-14-16(23(26)25-34(29,30)21-10-6-5-9-20(21)33(24,27)28)11-12-17(22(14)31-2)19-13-15-7-3-4-8-18(15)32-19/h3-13H,1-2H3,(H,25,26)(H2,24,27,28). The summed E-state index contributed by atoms with van der Waals surface area (Å²) in [5, 5.41) is 6.02. The quantitative estimate of drug-likeness (QED) is 0.413. The van der Waals surface area contributed by atoms with Crippen LogP contribution in [-0.4, -0.2) is 29.9 Å². The van der Waals surface area contributed by atoms with Crippen molar-refractivity contribution in [2.75, 3.05) is 7.11 Å². The van der Waals surface area contributed by atoms with Crippen molar-refractivity contribution in [3.8, 4) is 17.1 Å². The SMILES string of the molecule is COc1c(-c2cc3ccccc3o2)ccc(C(=O)NS(=O)(=O)c2ccccc2S(N)(=O)=O)c1C. The average Bonchev–Trinajstić information content (AvgIpc) is 3.22. The zero-order valence-electron chi connectivity index (χ0n) is 18.1. The number of furan rings is 1. The van der Waals surface area contributed by atoms with E-state index in [2.05, 4.69) is 0 Å². The van der Waals surface area contributed by atoms with Crippen molar-refractivity contribution in [3.63, 3.8) is 0 Å². The number of ether oxygens (including phenoxy) is 1. The van der Waals surface area contributed by atoms with E-state index >= 15 is 0 Å². The van der Waals surface area contributed by atoms with E-state index in [1.54, 1.807) is 13.0 Å². The number of hydrogen-bond donors (Lipinski definition) is 2. The number of primary sulfonamides is 1. The first-order valence-electron chi connectivity index (χ1n) is 9.88. The lowest BCUT2D eigenvalue weighted by molar-refractivity contribution is 0.0980. The van der Waals surface area contributed by atoms with Gasteiger partial charge in [-0.1, -0.05) is 30.3 Å². The van der Waals surface area contributed by atoms with Gasteiger partial charge in [-0.25, -0.2) is 26.7 Å². The molecule has 1 heterocycles. The Kier molecular flexibility index (Phi) is 5.94. The minimum absolute atomic E-state index is 0.0216. The highest BCUT2D eigenvalue weighted by atomic mass is 32.2. The fourth-order valence-corrected chi connectivity index (χ4v) is 6.00. The molecule has 9 nitrogen and oxygen atoms in total. The van der Waals surface area contributed by atoms with Crippen LogP contribution in [0.1, 0.15) is 15.9 Å². The molecule has 0 aliphatic carbocycles. The number of benzene rings is 3. The fourth-order valence-electron chi connectivity index (χ4n) is 3.65. The van der Waals surface area contributed by atoms with Gasteiger partial charge >= 0.3 is 0 Å². The number of fused-ring (bicyclic) bond motifs is 1. The molecular weight excluding hydrogens is 480 g/mol. The van der Waals surface area contributed by atoms with Gasteiger partial charge in [0.2, 0.25) is 10.0 Å². The zero-order valence-corrected chi connectivity index (χ0v) is 19.7. The lowest BCUT2D eigenvalue weighted by Gasteiger charge is -2.15. The number of nitrogens with two attached hydrogens (primary N) is 1. The normalized spacial score (nSPS) is 12.0. The molecule has 4 aromatic rings. The van der Waals surface area contributed by atoms with E-state index < -0.39 is 35.7 Å². The summed E-state index contributed by atoms with van der Waals surface area (Å²) in [6.07, 6.45) is 0. The molecule has 3 aromatic carbocycles. The van der Waals surface area contributed by atoms with E-state index in [-0.39, 0.29) is 5.56 Å². The molecule has 11 heteroatoms. The predicted octanol–water partition coefficient (Wildman–Crippen LogP) is 3.18. The Morgan fingerprint density at radius 1 is 0.941 bits per heavy atom. The number of rotatable bonds is 6. The molecule has 0 fully saturated rings. The van der Waals surface area contributed by atoms with Crippen molar-refractivity contribution < 1.29 is 30.8 Å². The highest BCUT2D eigenvalue weighted by Gasteiger charge is 2.27. The minimum atomic E-state index is -4.56. The second kappa shape index (κ2) is 8.60. The summed E-state index contributed by atoms with van der Waals surface area (Å²) in [5.74, 6) is -0.118. The molecular formula is C23H20N2O7S2. The monoisotopic (exact) mass is 500 g/mol. The van der Waals surface area contributed by atoms with Crippen LogP contribution in [-0.2, 0) is 20.0 Å². The van der Waals surface area contributed by atoms with E-state index in [1.165, 1.54) is 25.3 Å². The van der Waals surface area contributed by atoms with Gasteiger partial charge in [-0.2, -0.15) is 0 Å². The van der Waals surface area contributed by atoms with Gasteiger partial charge in [0.25, 0.3) is 15.9 Å². The maximum absolute atomic E-state index is 12.9. The minimum Gasteiger partial charge on any atom is -0.496 e. The van der Waals surface area contributed by atoms with Gasteiger partial charge in [0.15, 0.2) is 0 Å². The fraction of sp³-hybridized carbons (Fsp3) is 0.0870. The second-order valence-corrected chi connectivity index (χ2v) is 10.6. The molecule has 0 spiro atoms. The summed E-state index contributed by atoms with van der Waals surface area (Å²) in [7, 11) is -7.47. The largest absolute Gasteiger partial charge is 0.496 e. The van der Waals surface area contributed by atoms with Crippen LogP contribution in [0.25, 0.3) is 22.3 Å². The van der Waals surface area contributed by atoms with Gasteiger partial charge in [0, 0.05) is 16.5 Å². The van der Waals surface area contributed by atoms with Crippen molar-refractivity contribution in [1.82, 2.24) is 4.72 Å². The summed E-state index contributed by atoms with van der Waals surface area (Å²) in [6, 6.07) is 17.1. The molecule has 1 amide bonds. The Morgan fingerprint density at radius 3 is 2.24 bits per heavy atom. The lowest BCUT2D eigenvalue weighted by Crippen LogP contribution is -2.32. The Bertz CT molecular complexity index is 1610. The molecule has 0 aliphatic rings. The zero-order chi connectivity index (χ0) is 24.7. The molecule has 0 bridgehead atoms. The number of hydrogen-bond acceptors (Lipinski definition) is 7. The molecule has 176 valence electrons. The Labute approximate surface area is 196 Å². The summed E-state index contributed by atoms with van der Waals surface area (Å²) >= 11 is 0. The van der Waals surface area contributed by atoms with Crippen LogP contribution in [0.3, 0.4) is 0 Å². The molecule has 0 saturated carbocycles. The van der Waals surface area contributed by atoms with Gasteiger partial charge in [-0.15, -0.1) is 0 Å². The summed E-state index contributed by atoms with van der Waals surface area (Å²) in [5.41, 5.74) is 1.65. The second-order valence-electron chi connectivity index (χ2n) is 7.39. The summed E-state index contributed by atoms with van der Waals surface area (Å²) in [4.78, 5) is 11.7. The van der Waals surface area contributed by atoms with Crippen LogP contribution in [0.4, 0.5) is 0 Å². The van der Waals surface area contributed by atoms with Crippen LogP contribution in [0.15, 0.2) is 80.9 Å². The van der Waals surface area contributed by atoms with E-state index in [1.807, 2.05) is 35.1 Å². The van der Waals surface area contributed by atoms with E-state index in [4.69, 9.17) is 14.3 Å². The topological polar surface area (TPSA) is 146 Å². The molecule has 0 aliphatic heterocycles. The smallest absolute Gasteiger partial charge is 0.265 e. The van der Waals surface area contributed by atoms with E-state index in [0.717, 1.165) is 17.5 Å². The number of amides is 1. The van der Waals surface area contributed by atoms with Crippen LogP contribution >= 0.6 is 0 Å². The molecule has 0 radical (unpaired) electrons. The number of carbonyl (C=O) groups excluding carboxylic acids is 1. The van der Waals surface area contributed by atoms with Crippen molar-refractivity contribution in [3.05, 3.63) is 77.9 Å². The van der Waals surface area contributed by atoms with Crippen molar-refractivity contribution in [2.45, 2.75) is 16.7 Å².